The zero-order chi connectivity index (χ0) is 17.5. The molecule has 0 atom stereocenters. The summed E-state index contributed by atoms with van der Waals surface area (Å²) in [6.07, 6.45) is 3.01. The standard InChI is InChI=1S/C18H22N2O3S/c1-13(2)8-9-16(21)19-10-11-20-17(22)15(24-18(20)23)12-14-6-4-3-5-7-14/h3-7,12-13H,8-11H2,1-2H3,(H,19,21)/b15-12-. The predicted octanol–water partition coefficient (Wildman–Crippen LogP) is 3.28. The number of hydrogen-bond acceptors (Lipinski definition) is 4. The Morgan fingerprint density at radius 3 is 2.62 bits per heavy atom. The lowest BCUT2D eigenvalue weighted by Crippen LogP contribution is -2.37. The van der Waals surface area contributed by atoms with Gasteiger partial charge in [0, 0.05) is 19.5 Å². The number of imide groups is 1. The third-order valence-corrected chi connectivity index (χ3v) is 4.48. The molecule has 2 rings (SSSR count). The molecule has 1 saturated heterocycles. The average Bonchev–Trinajstić information content (AvgIpc) is 2.81. The van der Waals surface area contributed by atoms with Crippen LogP contribution in [0.1, 0.15) is 32.3 Å². The normalized spacial score (nSPS) is 16.3. The summed E-state index contributed by atoms with van der Waals surface area (Å²) in [6.45, 7) is 4.61. The van der Waals surface area contributed by atoms with Crippen molar-refractivity contribution in [1.29, 1.82) is 0 Å². The van der Waals surface area contributed by atoms with Crippen LogP contribution in [0.3, 0.4) is 0 Å². The smallest absolute Gasteiger partial charge is 0.293 e. The first-order valence-corrected chi connectivity index (χ1v) is 8.86. The number of carbonyl (C=O) groups is 3. The van der Waals surface area contributed by atoms with Crippen molar-refractivity contribution >= 4 is 34.9 Å². The summed E-state index contributed by atoms with van der Waals surface area (Å²) in [5, 5.41) is 2.46. The molecule has 0 spiro atoms. The quantitative estimate of drug-likeness (QED) is 0.770. The monoisotopic (exact) mass is 346 g/mol. The van der Waals surface area contributed by atoms with E-state index in [0.717, 1.165) is 23.7 Å². The van der Waals surface area contributed by atoms with Crippen molar-refractivity contribution in [2.75, 3.05) is 13.1 Å². The van der Waals surface area contributed by atoms with Crippen LogP contribution in [0.25, 0.3) is 6.08 Å². The van der Waals surface area contributed by atoms with Gasteiger partial charge in [-0.05, 0) is 35.7 Å². The van der Waals surface area contributed by atoms with E-state index in [0.29, 0.717) is 17.2 Å². The summed E-state index contributed by atoms with van der Waals surface area (Å²) < 4.78 is 0. The van der Waals surface area contributed by atoms with E-state index < -0.39 is 0 Å². The molecular formula is C18H22N2O3S. The summed E-state index contributed by atoms with van der Waals surface area (Å²) in [7, 11) is 0. The number of nitrogens with zero attached hydrogens (tertiary/aromatic N) is 1. The van der Waals surface area contributed by atoms with Gasteiger partial charge in [0.1, 0.15) is 0 Å². The van der Waals surface area contributed by atoms with Crippen molar-refractivity contribution in [3.05, 3.63) is 40.8 Å². The number of thioether (sulfide) groups is 1. The first-order chi connectivity index (χ1) is 11.5. The Morgan fingerprint density at radius 2 is 1.96 bits per heavy atom. The van der Waals surface area contributed by atoms with Crippen LogP contribution in [0.2, 0.25) is 0 Å². The zero-order valence-electron chi connectivity index (χ0n) is 14.0. The van der Waals surface area contributed by atoms with Crippen LogP contribution in [0.4, 0.5) is 4.79 Å². The molecule has 0 aromatic heterocycles. The molecule has 0 aliphatic carbocycles. The van der Waals surface area contributed by atoms with E-state index in [1.54, 1.807) is 6.08 Å². The van der Waals surface area contributed by atoms with Crippen LogP contribution in [-0.2, 0) is 9.59 Å². The number of amides is 3. The third-order valence-electron chi connectivity index (χ3n) is 3.58. The highest BCUT2D eigenvalue weighted by molar-refractivity contribution is 8.18. The molecule has 1 heterocycles. The number of hydrogen-bond donors (Lipinski definition) is 1. The van der Waals surface area contributed by atoms with E-state index in [-0.39, 0.29) is 30.1 Å². The fourth-order valence-electron chi connectivity index (χ4n) is 2.21. The summed E-state index contributed by atoms with van der Waals surface area (Å²) in [5.74, 6) is 0.125. The lowest BCUT2D eigenvalue weighted by molar-refractivity contribution is -0.124. The lowest BCUT2D eigenvalue weighted by Gasteiger charge is -2.13. The largest absolute Gasteiger partial charge is 0.354 e. The second-order valence-corrected chi connectivity index (χ2v) is 7.02. The highest BCUT2D eigenvalue weighted by Crippen LogP contribution is 2.31. The van der Waals surface area contributed by atoms with Gasteiger partial charge < -0.3 is 5.32 Å². The van der Waals surface area contributed by atoms with Gasteiger partial charge in [-0.1, -0.05) is 44.2 Å². The van der Waals surface area contributed by atoms with Crippen LogP contribution in [0, 0.1) is 5.92 Å². The minimum Gasteiger partial charge on any atom is -0.354 e. The van der Waals surface area contributed by atoms with Gasteiger partial charge in [0.05, 0.1) is 4.91 Å². The van der Waals surface area contributed by atoms with Crippen molar-refractivity contribution in [2.24, 2.45) is 5.92 Å². The highest BCUT2D eigenvalue weighted by atomic mass is 32.2. The van der Waals surface area contributed by atoms with Crippen molar-refractivity contribution < 1.29 is 14.4 Å². The summed E-state index contributed by atoms with van der Waals surface area (Å²) in [5.41, 5.74) is 0.880. The van der Waals surface area contributed by atoms with Gasteiger partial charge >= 0.3 is 0 Å². The molecule has 0 bridgehead atoms. The molecule has 128 valence electrons. The average molecular weight is 346 g/mol. The lowest BCUT2D eigenvalue weighted by atomic mass is 10.1. The Labute approximate surface area is 146 Å². The molecule has 0 unspecified atom stereocenters. The molecule has 3 amide bonds. The van der Waals surface area contributed by atoms with E-state index in [4.69, 9.17) is 0 Å². The molecular weight excluding hydrogens is 324 g/mol. The van der Waals surface area contributed by atoms with Gasteiger partial charge in [0.15, 0.2) is 0 Å². The molecule has 5 nitrogen and oxygen atoms in total. The van der Waals surface area contributed by atoms with E-state index >= 15 is 0 Å². The minimum absolute atomic E-state index is 0.0458. The molecule has 1 aliphatic heterocycles. The number of carbonyl (C=O) groups excluding carboxylic acids is 3. The molecule has 0 saturated carbocycles. The summed E-state index contributed by atoms with van der Waals surface area (Å²) >= 11 is 0.935. The topological polar surface area (TPSA) is 66.5 Å². The molecule has 24 heavy (non-hydrogen) atoms. The van der Waals surface area contributed by atoms with E-state index in [9.17, 15) is 14.4 Å². The Balaban J connectivity index is 1.86. The second-order valence-electron chi connectivity index (χ2n) is 6.03. The first kappa shape index (κ1) is 18.3. The van der Waals surface area contributed by atoms with Gasteiger partial charge in [-0.25, -0.2) is 0 Å². The maximum atomic E-state index is 12.3. The van der Waals surface area contributed by atoms with Crippen molar-refractivity contribution in [1.82, 2.24) is 10.2 Å². The third kappa shape index (κ3) is 5.23. The molecule has 1 N–H and O–H groups in total. The highest BCUT2D eigenvalue weighted by Gasteiger charge is 2.34. The molecule has 6 heteroatoms. The molecule has 1 aromatic rings. The fourth-order valence-corrected chi connectivity index (χ4v) is 3.07. The van der Waals surface area contributed by atoms with E-state index in [2.05, 4.69) is 19.2 Å². The fraction of sp³-hybridized carbons (Fsp3) is 0.389. The first-order valence-electron chi connectivity index (χ1n) is 8.04. The molecule has 1 aliphatic rings. The molecule has 1 fully saturated rings. The van der Waals surface area contributed by atoms with Crippen LogP contribution >= 0.6 is 11.8 Å². The summed E-state index contributed by atoms with van der Waals surface area (Å²) in [4.78, 5) is 37.6. The van der Waals surface area contributed by atoms with Crippen LogP contribution < -0.4 is 5.32 Å². The van der Waals surface area contributed by atoms with Gasteiger partial charge in [-0.3, -0.25) is 19.3 Å². The number of benzene rings is 1. The maximum absolute atomic E-state index is 12.3. The summed E-state index contributed by atoms with van der Waals surface area (Å²) in [6, 6.07) is 9.41. The second kappa shape index (κ2) is 8.68. The van der Waals surface area contributed by atoms with E-state index in [1.165, 1.54) is 4.90 Å². The Morgan fingerprint density at radius 1 is 1.25 bits per heavy atom. The Hall–Kier alpha value is -2.08. The van der Waals surface area contributed by atoms with Gasteiger partial charge in [-0.15, -0.1) is 0 Å². The van der Waals surface area contributed by atoms with Crippen LogP contribution in [0.5, 0.6) is 0 Å². The maximum Gasteiger partial charge on any atom is 0.293 e. The van der Waals surface area contributed by atoms with E-state index in [1.807, 2.05) is 30.3 Å². The van der Waals surface area contributed by atoms with Crippen LogP contribution in [0.15, 0.2) is 35.2 Å². The number of nitrogens with one attached hydrogen (secondary N) is 1. The van der Waals surface area contributed by atoms with Gasteiger partial charge in [0.25, 0.3) is 11.1 Å². The Bertz CT molecular complexity index is 641. The predicted molar refractivity (Wildman–Crippen MR) is 96.2 cm³/mol. The van der Waals surface area contributed by atoms with Crippen molar-refractivity contribution in [3.63, 3.8) is 0 Å². The van der Waals surface area contributed by atoms with Gasteiger partial charge in [0.2, 0.25) is 5.91 Å². The SMILES string of the molecule is CC(C)CCC(=O)NCCN1C(=O)S/C(=C\c2ccccc2)C1=O. The molecule has 0 radical (unpaired) electrons. The van der Waals surface area contributed by atoms with Crippen molar-refractivity contribution in [2.45, 2.75) is 26.7 Å². The van der Waals surface area contributed by atoms with Gasteiger partial charge in [-0.2, -0.15) is 0 Å². The van der Waals surface area contributed by atoms with Crippen molar-refractivity contribution in [3.8, 4) is 0 Å². The number of rotatable bonds is 7. The van der Waals surface area contributed by atoms with Crippen LogP contribution in [-0.4, -0.2) is 35.0 Å². The molecule has 1 aromatic carbocycles. The Kier molecular flexibility index (Phi) is 6.61. The minimum atomic E-state index is -0.301. The zero-order valence-corrected chi connectivity index (χ0v) is 14.8.